The van der Waals surface area contributed by atoms with E-state index in [9.17, 15) is 19.5 Å². The Morgan fingerprint density at radius 1 is 1.10 bits per heavy atom. The summed E-state index contributed by atoms with van der Waals surface area (Å²) in [7, 11) is 0. The zero-order valence-electron chi connectivity index (χ0n) is 16.5. The van der Waals surface area contributed by atoms with Gasteiger partial charge in [-0.15, -0.1) is 0 Å². The topological polar surface area (TPSA) is 98.7 Å². The first kappa shape index (κ1) is 20.4. The number of carboxylic acid groups (broad SMARTS) is 1. The monoisotopic (exact) mass is 395 g/mol. The number of amides is 3. The highest BCUT2D eigenvalue weighted by atomic mass is 16.4. The van der Waals surface area contributed by atoms with Crippen LogP contribution >= 0.6 is 0 Å². The second-order valence-corrected chi connectivity index (χ2v) is 7.65. The lowest BCUT2D eigenvalue weighted by atomic mass is 9.90. The molecule has 1 aliphatic heterocycles. The summed E-state index contributed by atoms with van der Waals surface area (Å²) >= 11 is 0. The number of nitrogens with one attached hydrogen (secondary N) is 2. The number of carbonyl (C=O) groups excluding carboxylic acids is 2. The third-order valence-electron chi connectivity index (χ3n) is 5.30. The SMILES string of the molecule is CC(NC(=O)N1CCC(C)(C(=O)O)C1)c1cccc(NC(=O)c2ccccc2)c1. The Morgan fingerprint density at radius 2 is 1.83 bits per heavy atom. The summed E-state index contributed by atoms with van der Waals surface area (Å²) in [6.45, 7) is 4.11. The van der Waals surface area contributed by atoms with Crippen LogP contribution in [0.1, 0.15) is 42.2 Å². The minimum atomic E-state index is -0.901. The second-order valence-electron chi connectivity index (χ2n) is 7.65. The second kappa shape index (κ2) is 8.34. The molecular weight excluding hydrogens is 370 g/mol. The van der Waals surface area contributed by atoms with E-state index in [0.29, 0.717) is 24.2 Å². The molecule has 0 spiro atoms. The van der Waals surface area contributed by atoms with E-state index < -0.39 is 11.4 Å². The van der Waals surface area contributed by atoms with Crippen molar-refractivity contribution < 1.29 is 19.5 Å². The fourth-order valence-electron chi connectivity index (χ4n) is 3.35. The van der Waals surface area contributed by atoms with Crippen molar-refractivity contribution in [1.29, 1.82) is 0 Å². The molecule has 1 aliphatic rings. The summed E-state index contributed by atoms with van der Waals surface area (Å²) < 4.78 is 0. The molecular formula is C22H25N3O4. The third kappa shape index (κ3) is 4.74. The van der Waals surface area contributed by atoms with Gasteiger partial charge in [0, 0.05) is 24.3 Å². The van der Waals surface area contributed by atoms with E-state index in [4.69, 9.17) is 0 Å². The Hall–Kier alpha value is -3.35. The van der Waals surface area contributed by atoms with Gasteiger partial charge in [0.25, 0.3) is 5.91 Å². The normalized spacial score (nSPS) is 19.4. The van der Waals surface area contributed by atoms with Gasteiger partial charge in [-0.05, 0) is 50.1 Å². The molecule has 0 aromatic heterocycles. The molecule has 3 N–H and O–H groups in total. The molecule has 2 aromatic carbocycles. The predicted molar refractivity (Wildman–Crippen MR) is 110 cm³/mol. The van der Waals surface area contributed by atoms with Crippen molar-refractivity contribution in [1.82, 2.24) is 10.2 Å². The van der Waals surface area contributed by atoms with Crippen LogP contribution in [0.5, 0.6) is 0 Å². The summed E-state index contributed by atoms with van der Waals surface area (Å²) in [6.07, 6.45) is 0.436. The van der Waals surface area contributed by atoms with Crippen molar-refractivity contribution in [2.24, 2.45) is 5.41 Å². The van der Waals surface area contributed by atoms with Gasteiger partial charge in [-0.25, -0.2) is 4.79 Å². The number of benzene rings is 2. The summed E-state index contributed by atoms with van der Waals surface area (Å²) in [6, 6.07) is 15.6. The fraction of sp³-hybridized carbons (Fsp3) is 0.318. The molecule has 7 heteroatoms. The zero-order valence-corrected chi connectivity index (χ0v) is 16.5. The van der Waals surface area contributed by atoms with Crippen molar-refractivity contribution in [2.75, 3.05) is 18.4 Å². The molecule has 7 nitrogen and oxygen atoms in total. The van der Waals surface area contributed by atoms with Crippen LogP contribution in [0.3, 0.4) is 0 Å². The van der Waals surface area contributed by atoms with E-state index in [0.717, 1.165) is 5.56 Å². The molecule has 0 bridgehead atoms. The maximum atomic E-state index is 12.5. The van der Waals surface area contributed by atoms with E-state index in [1.807, 2.05) is 31.2 Å². The fourth-order valence-corrected chi connectivity index (χ4v) is 3.35. The van der Waals surface area contributed by atoms with E-state index in [1.54, 1.807) is 37.3 Å². The van der Waals surface area contributed by atoms with Crippen LogP contribution in [0, 0.1) is 5.41 Å². The van der Waals surface area contributed by atoms with Gasteiger partial charge in [-0.3, -0.25) is 9.59 Å². The number of carboxylic acids is 1. The Morgan fingerprint density at radius 3 is 2.48 bits per heavy atom. The molecule has 3 rings (SSSR count). The van der Waals surface area contributed by atoms with Gasteiger partial charge in [0.1, 0.15) is 0 Å². The molecule has 1 fully saturated rings. The highest BCUT2D eigenvalue weighted by molar-refractivity contribution is 6.04. The van der Waals surface area contributed by atoms with E-state index in [-0.39, 0.29) is 24.5 Å². The van der Waals surface area contributed by atoms with Crippen molar-refractivity contribution >= 4 is 23.6 Å². The van der Waals surface area contributed by atoms with Gasteiger partial charge in [-0.2, -0.15) is 0 Å². The van der Waals surface area contributed by atoms with Gasteiger partial charge in [-0.1, -0.05) is 30.3 Å². The van der Waals surface area contributed by atoms with Crippen LogP contribution in [0.25, 0.3) is 0 Å². The Bertz CT molecular complexity index is 915. The number of anilines is 1. The average molecular weight is 395 g/mol. The lowest BCUT2D eigenvalue weighted by Gasteiger charge is -2.23. The van der Waals surface area contributed by atoms with Crippen molar-refractivity contribution in [2.45, 2.75) is 26.3 Å². The molecule has 2 atom stereocenters. The van der Waals surface area contributed by atoms with E-state index in [2.05, 4.69) is 10.6 Å². The summed E-state index contributed by atoms with van der Waals surface area (Å²) in [4.78, 5) is 37.8. The van der Waals surface area contributed by atoms with Gasteiger partial charge < -0.3 is 20.6 Å². The van der Waals surface area contributed by atoms with Gasteiger partial charge in [0.15, 0.2) is 0 Å². The van der Waals surface area contributed by atoms with Gasteiger partial charge in [0.2, 0.25) is 0 Å². The van der Waals surface area contributed by atoms with Crippen molar-refractivity contribution in [3.05, 3.63) is 65.7 Å². The highest BCUT2D eigenvalue weighted by Gasteiger charge is 2.42. The molecule has 0 radical (unpaired) electrons. The number of rotatable bonds is 5. The highest BCUT2D eigenvalue weighted by Crippen LogP contribution is 2.30. The number of carbonyl (C=O) groups is 3. The first-order chi connectivity index (χ1) is 13.8. The lowest BCUT2D eigenvalue weighted by Crippen LogP contribution is -2.41. The molecule has 29 heavy (non-hydrogen) atoms. The summed E-state index contributed by atoms with van der Waals surface area (Å²) in [5.74, 6) is -1.09. The van der Waals surface area contributed by atoms with Crippen LogP contribution in [0.15, 0.2) is 54.6 Å². The molecule has 152 valence electrons. The predicted octanol–water partition coefficient (Wildman–Crippen LogP) is 3.51. The quantitative estimate of drug-likeness (QED) is 0.721. The number of likely N-dealkylation sites (tertiary alicyclic amines) is 1. The average Bonchev–Trinajstić information content (AvgIpc) is 3.13. The molecule has 0 aliphatic carbocycles. The van der Waals surface area contributed by atoms with Gasteiger partial charge in [0.05, 0.1) is 11.5 Å². The van der Waals surface area contributed by atoms with Crippen LogP contribution in [0.4, 0.5) is 10.5 Å². The third-order valence-corrected chi connectivity index (χ3v) is 5.30. The number of hydrogen-bond acceptors (Lipinski definition) is 3. The van der Waals surface area contributed by atoms with Crippen molar-refractivity contribution in [3.8, 4) is 0 Å². The number of urea groups is 1. The first-order valence-corrected chi connectivity index (χ1v) is 9.54. The maximum absolute atomic E-state index is 12.5. The summed E-state index contributed by atoms with van der Waals surface area (Å²) in [5, 5.41) is 15.1. The molecule has 1 saturated heterocycles. The zero-order chi connectivity index (χ0) is 21.0. The van der Waals surface area contributed by atoms with Crippen LogP contribution in [0.2, 0.25) is 0 Å². The smallest absolute Gasteiger partial charge is 0.317 e. The Balaban J connectivity index is 1.62. The number of nitrogens with zero attached hydrogens (tertiary/aromatic N) is 1. The Kier molecular flexibility index (Phi) is 5.87. The molecule has 2 aromatic rings. The number of aliphatic carboxylic acids is 1. The van der Waals surface area contributed by atoms with E-state index in [1.165, 1.54) is 4.90 Å². The van der Waals surface area contributed by atoms with Gasteiger partial charge >= 0.3 is 12.0 Å². The standard InChI is InChI=1S/C22H25N3O4/c1-15(23-21(29)25-12-11-22(2,14-25)20(27)28)17-9-6-10-18(13-17)24-19(26)16-7-4-3-5-8-16/h3-10,13,15H,11-12,14H2,1-2H3,(H,23,29)(H,24,26)(H,27,28). The summed E-state index contributed by atoms with van der Waals surface area (Å²) in [5.41, 5.74) is 1.14. The lowest BCUT2D eigenvalue weighted by molar-refractivity contribution is -0.147. The van der Waals surface area contributed by atoms with Crippen LogP contribution < -0.4 is 10.6 Å². The number of hydrogen-bond donors (Lipinski definition) is 3. The van der Waals surface area contributed by atoms with Crippen LogP contribution in [-0.2, 0) is 4.79 Å². The van der Waals surface area contributed by atoms with E-state index >= 15 is 0 Å². The minimum absolute atomic E-state index is 0.189. The maximum Gasteiger partial charge on any atom is 0.317 e. The van der Waals surface area contributed by atoms with Crippen molar-refractivity contribution in [3.63, 3.8) is 0 Å². The molecule has 3 amide bonds. The largest absolute Gasteiger partial charge is 0.481 e. The molecule has 2 unspecified atom stereocenters. The molecule has 0 saturated carbocycles. The Labute approximate surface area is 169 Å². The first-order valence-electron chi connectivity index (χ1n) is 9.54. The molecule has 1 heterocycles. The minimum Gasteiger partial charge on any atom is -0.481 e. The van der Waals surface area contributed by atoms with Crippen LogP contribution in [-0.4, -0.2) is 41.0 Å².